The van der Waals surface area contributed by atoms with Crippen molar-refractivity contribution < 1.29 is 9.53 Å². The van der Waals surface area contributed by atoms with Crippen molar-refractivity contribution in [3.05, 3.63) is 5.69 Å². The van der Waals surface area contributed by atoms with E-state index in [2.05, 4.69) is 14.5 Å². The third-order valence-corrected chi connectivity index (χ3v) is 3.20. The molecule has 0 aromatic carbocycles. The number of aromatic nitrogens is 2. The van der Waals surface area contributed by atoms with Crippen LogP contribution in [0.4, 0.5) is 5.00 Å². The molecular formula is C9H14N4O2S. The fourth-order valence-electron chi connectivity index (χ4n) is 1.89. The first-order chi connectivity index (χ1) is 7.58. The molecule has 7 heteroatoms. The predicted octanol–water partition coefficient (Wildman–Crippen LogP) is 0.251. The summed E-state index contributed by atoms with van der Waals surface area (Å²) in [6.07, 6.45) is 0.262. The SMILES string of the molecule is C[C@@H]1CN(c2snnc2C(N)=O)C[C@@H](C)O1. The highest BCUT2D eigenvalue weighted by Crippen LogP contribution is 2.26. The van der Waals surface area contributed by atoms with Crippen LogP contribution in [0.15, 0.2) is 0 Å². The summed E-state index contributed by atoms with van der Waals surface area (Å²) >= 11 is 1.20. The molecule has 1 aliphatic heterocycles. The van der Waals surface area contributed by atoms with Crippen LogP contribution in [-0.4, -0.2) is 40.8 Å². The summed E-state index contributed by atoms with van der Waals surface area (Å²) in [4.78, 5) is 13.2. The summed E-state index contributed by atoms with van der Waals surface area (Å²) < 4.78 is 9.40. The van der Waals surface area contributed by atoms with Gasteiger partial charge in [0.05, 0.1) is 12.2 Å². The molecule has 1 fully saturated rings. The molecule has 16 heavy (non-hydrogen) atoms. The molecule has 0 unspecified atom stereocenters. The van der Waals surface area contributed by atoms with Gasteiger partial charge in [0.15, 0.2) is 5.69 Å². The molecule has 2 rings (SSSR count). The first kappa shape index (κ1) is 11.3. The molecule has 2 N–H and O–H groups in total. The predicted molar refractivity (Wildman–Crippen MR) is 60.6 cm³/mol. The fraction of sp³-hybridized carbons (Fsp3) is 0.667. The average Bonchev–Trinajstić information content (AvgIpc) is 2.63. The summed E-state index contributed by atoms with van der Waals surface area (Å²) in [7, 11) is 0. The highest BCUT2D eigenvalue weighted by Gasteiger charge is 2.27. The molecule has 2 heterocycles. The number of primary amides is 1. The maximum atomic E-state index is 11.2. The molecule has 0 bridgehead atoms. The van der Waals surface area contributed by atoms with Crippen molar-refractivity contribution in [1.82, 2.24) is 9.59 Å². The lowest BCUT2D eigenvalue weighted by molar-refractivity contribution is -0.00507. The topological polar surface area (TPSA) is 81.3 Å². The summed E-state index contributed by atoms with van der Waals surface area (Å²) in [5.74, 6) is -0.532. The monoisotopic (exact) mass is 242 g/mol. The molecule has 1 aromatic heterocycles. The van der Waals surface area contributed by atoms with E-state index in [9.17, 15) is 4.79 Å². The van der Waals surface area contributed by atoms with E-state index in [0.717, 1.165) is 18.1 Å². The maximum Gasteiger partial charge on any atom is 0.272 e. The zero-order chi connectivity index (χ0) is 11.7. The van der Waals surface area contributed by atoms with Crippen LogP contribution >= 0.6 is 11.5 Å². The van der Waals surface area contributed by atoms with E-state index in [1.807, 2.05) is 13.8 Å². The molecule has 0 radical (unpaired) electrons. The van der Waals surface area contributed by atoms with Gasteiger partial charge in [-0.2, -0.15) is 0 Å². The molecule has 0 spiro atoms. The summed E-state index contributed by atoms with van der Waals surface area (Å²) in [5, 5.41) is 4.50. The van der Waals surface area contributed by atoms with Crippen molar-refractivity contribution >= 4 is 22.4 Å². The van der Waals surface area contributed by atoms with Crippen LogP contribution in [0.2, 0.25) is 0 Å². The Hall–Kier alpha value is -1.21. The second kappa shape index (κ2) is 4.34. The molecule has 0 saturated carbocycles. The summed E-state index contributed by atoms with van der Waals surface area (Å²) in [6, 6.07) is 0. The Kier molecular flexibility index (Phi) is 3.06. The van der Waals surface area contributed by atoms with Crippen LogP contribution in [0.5, 0.6) is 0 Å². The Morgan fingerprint density at radius 1 is 1.50 bits per heavy atom. The van der Waals surface area contributed by atoms with Crippen molar-refractivity contribution in [2.45, 2.75) is 26.1 Å². The molecule has 0 aliphatic carbocycles. The van der Waals surface area contributed by atoms with Gasteiger partial charge in [-0.1, -0.05) is 4.49 Å². The third kappa shape index (κ3) is 2.14. The lowest BCUT2D eigenvalue weighted by Crippen LogP contribution is -2.45. The zero-order valence-electron chi connectivity index (χ0n) is 9.21. The minimum Gasteiger partial charge on any atom is -0.372 e. The van der Waals surface area contributed by atoms with Gasteiger partial charge in [0.1, 0.15) is 5.00 Å². The van der Waals surface area contributed by atoms with E-state index in [4.69, 9.17) is 10.5 Å². The standard InChI is InChI=1S/C9H14N4O2S/c1-5-3-13(4-6(2)15-5)9-7(8(10)14)11-12-16-9/h5-6H,3-4H2,1-2H3,(H2,10,14)/t5-,6-/m1/s1. The molecule has 88 valence electrons. The van der Waals surface area contributed by atoms with Crippen molar-refractivity contribution in [3.63, 3.8) is 0 Å². The first-order valence-electron chi connectivity index (χ1n) is 5.10. The first-order valence-corrected chi connectivity index (χ1v) is 5.88. The molecule has 6 nitrogen and oxygen atoms in total. The van der Waals surface area contributed by atoms with Crippen LogP contribution in [0.3, 0.4) is 0 Å². The normalized spacial score (nSPS) is 25.8. The van der Waals surface area contributed by atoms with Crippen molar-refractivity contribution in [3.8, 4) is 0 Å². The van der Waals surface area contributed by atoms with Gasteiger partial charge in [0.2, 0.25) is 0 Å². The smallest absolute Gasteiger partial charge is 0.272 e. The van der Waals surface area contributed by atoms with Crippen LogP contribution in [0.25, 0.3) is 0 Å². The van der Waals surface area contributed by atoms with Gasteiger partial charge < -0.3 is 15.4 Å². The Morgan fingerprint density at radius 3 is 2.69 bits per heavy atom. The van der Waals surface area contributed by atoms with Gasteiger partial charge in [-0.25, -0.2) is 0 Å². The van der Waals surface area contributed by atoms with Gasteiger partial charge in [-0.15, -0.1) is 5.10 Å². The van der Waals surface area contributed by atoms with Gasteiger partial charge in [0, 0.05) is 24.6 Å². The second-order valence-corrected chi connectivity index (χ2v) is 4.69. The summed E-state index contributed by atoms with van der Waals surface area (Å²) in [5.41, 5.74) is 5.50. The number of ether oxygens (including phenoxy) is 1. The average molecular weight is 242 g/mol. The molecule has 1 aliphatic rings. The number of rotatable bonds is 2. The highest BCUT2D eigenvalue weighted by atomic mass is 32.1. The maximum absolute atomic E-state index is 11.2. The Labute approximate surface area is 97.5 Å². The van der Waals surface area contributed by atoms with Gasteiger partial charge in [-0.05, 0) is 13.8 Å². The molecule has 2 atom stereocenters. The second-order valence-electron chi connectivity index (χ2n) is 3.95. The van der Waals surface area contributed by atoms with Crippen molar-refractivity contribution in [2.24, 2.45) is 5.73 Å². The third-order valence-electron chi connectivity index (χ3n) is 2.41. The number of nitrogens with two attached hydrogens (primary N) is 1. The van der Waals surface area contributed by atoms with Gasteiger partial charge in [-0.3, -0.25) is 4.79 Å². The fourth-order valence-corrected chi connectivity index (χ4v) is 2.58. The number of hydrogen-bond acceptors (Lipinski definition) is 6. The molecular weight excluding hydrogens is 228 g/mol. The molecule has 1 amide bonds. The Bertz CT molecular complexity index is 385. The highest BCUT2D eigenvalue weighted by molar-refractivity contribution is 7.10. The zero-order valence-corrected chi connectivity index (χ0v) is 10.0. The number of carbonyl (C=O) groups excluding carboxylic acids is 1. The van der Waals surface area contributed by atoms with Crippen molar-refractivity contribution in [1.29, 1.82) is 0 Å². The van der Waals surface area contributed by atoms with Crippen molar-refractivity contribution in [2.75, 3.05) is 18.0 Å². The van der Waals surface area contributed by atoms with Crippen LogP contribution in [0.1, 0.15) is 24.3 Å². The lowest BCUT2D eigenvalue weighted by atomic mass is 10.2. The Balaban J connectivity index is 2.23. The minimum absolute atomic E-state index is 0.131. The number of amides is 1. The van der Waals surface area contributed by atoms with E-state index in [1.54, 1.807) is 0 Å². The van der Waals surface area contributed by atoms with Crippen LogP contribution in [0, 0.1) is 0 Å². The quantitative estimate of drug-likeness (QED) is 0.804. The van der Waals surface area contributed by atoms with Crippen LogP contribution in [-0.2, 0) is 4.74 Å². The van der Waals surface area contributed by atoms with E-state index in [-0.39, 0.29) is 17.9 Å². The molecule has 1 saturated heterocycles. The van der Waals surface area contributed by atoms with E-state index in [1.165, 1.54) is 11.5 Å². The largest absolute Gasteiger partial charge is 0.372 e. The van der Waals surface area contributed by atoms with E-state index in [0.29, 0.717) is 0 Å². The van der Waals surface area contributed by atoms with E-state index < -0.39 is 5.91 Å². The van der Waals surface area contributed by atoms with Gasteiger partial charge in [0.25, 0.3) is 5.91 Å². The molecule has 1 aromatic rings. The minimum atomic E-state index is -0.532. The number of morpholine rings is 1. The number of carbonyl (C=O) groups is 1. The van der Waals surface area contributed by atoms with Crippen LogP contribution < -0.4 is 10.6 Å². The van der Waals surface area contributed by atoms with Gasteiger partial charge >= 0.3 is 0 Å². The lowest BCUT2D eigenvalue weighted by Gasteiger charge is -2.35. The number of hydrogen-bond donors (Lipinski definition) is 1. The Morgan fingerprint density at radius 2 is 2.12 bits per heavy atom. The number of anilines is 1. The van der Waals surface area contributed by atoms with E-state index >= 15 is 0 Å². The summed E-state index contributed by atoms with van der Waals surface area (Å²) in [6.45, 7) is 5.46. The number of nitrogens with zero attached hydrogens (tertiary/aromatic N) is 3.